The maximum atomic E-state index is 12.3. The number of amides is 1. The van der Waals surface area contributed by atoms with Crippen molar-refractivity contribution in [2.24, 2.45) is 0 Å². The number of thioether (sulfide) groups is 2. The van der Waals surface area contributed by atoms with E-state index in [2.05, 4.69) is 5.32 Å². The molecule has 128 valence electrons. The van der Waals surface area contributed by atoms with Crippen molar-refractivity contribution < 1.29 is 14.5 Å². The molecule has 0 aliphatic carbocycles. The van der Waals surface area contributed by atoms with Crippen LogP contribution in [-0.2, 0) is 9.59 Å². The van der Waals surface area contributed by atoms with Gasteiger partial charge in [-0.2, -0.15) is 0 Å². The van der Waals surface area contributed by atoms with Gasteiger partial charge in [0, 0.05) is 39.9 Å². The average molecular weight is 366 g/mol. The lowest BCUT2D eigenvalue weighted by atomic mass is 9.96. The monoisotopic (exact) mass is 366 g/mol. The smallest absolute Gasteiger partial charge is 0.269 e. The first-order chi connectivity index (χ1) is 11.4. The first-order valence-corrected chi connectivity index (χ1v) is 9.45. The van der Waals surface area contributed by atoms with Gasteiger partial charge in [-0.15, -0.1) is 23.5 Å². The van der Waals surface area contributed by atoms with Gasteiger partial charge in [0.15, 0.2) is 5.78 Å². The molecule has 0 radical (unpaired) electrons. The van der Waals surface area contributed by atoms with Gasteiger partial charge in [0.2, 0.25) is 5.91 Å². The summed E-state index contributed by atoms with van der Waals surface area (Å²) < 4.78 is 0.885. The van der Waals surface area contributed by atoms with E-state index in [1.807, 2.05) is 0 Å². The van der Waals surface area contributed by atoms with Crippen LogP contribution in [-0.4, -0.2) is 28.1 Å². The number of Topliss-reactive ketones (excluding diaryl/α,β-unsaturated/α-hetero) is 1. The lowest BCUT2D eigenvalue weighted by Gasteiger charge is -2.22. The zero-order chi connectivity index (χ0) is 17.7. The van der Waals surface area contributed by atoms with Crippen molar-refractivity contribution in [3.8, 4) is 0 Å². The Hall–Kier alpha value is -1.80. The van der Waals surface area contributed by atoms with E-state index in [9.17, 15) is 19.7 Å². The Morgan fingerprint density at radius 2 is 2.00 bits per heavy atom. The summed E-state index contributed by atoms with van der Waals surface area (Å²) in [6, 6.07) is 5.39. The number of nitro benzene ring substituents is 1. The molecule has 2 rings (SSSR count). The highest BCUT2D eigenvalue weighted by Gasteiger charge is 2.28. The molecule has 1 fully saturated rings. The van der Waals surface area contributed by atoms with Crippen LogP contribution in [0.1, 0.15) is 31.9 Å². The van der Waals surface area contributed by atoms with Gasteiger partial charge in [-0.1, -0.05) is 19.1 Å². The Kier molecular flexibility index (Phi) is 6.44. The van der Waals surface area contributed by atoms with Gasteiger partial charge >= 0.3 is 0 Å². The van der Waals surface area contributed by atoms with E-state index in [-0.39, 0.29) is 23.8 Å². The summed E-state index contributed by atoms with van der Waals surface area (Å²) in [5, 5.41) is 13.9. The molecule has 0 bridgehead atoms. The van der Waals surface area contributed by atoms with Gasteiger partial charge in [-0.05, 0) is 12.5 Å². The highest BCUT2D eigenvalue weighted by molar-refractivity contribution is 8.25. The SMILES string of the molecule is CCC(=O)NC(C(C(C)=O)=C1SCCS1)c1cccc([N+](=O)[O-])c1. The fourth-order valence-corrected chi connectivity index (χ4v) is 5.04. The van der Waals surface area contributed by atoms with E-state index >= 15 is 0 Å². The molecule has 1 N–H and O–H groups in total. The van der Waals surface area contributed by atoms with Crippen molar-refractivity contribution in [2.75, 3.05) is 11.5 Å². The van der Waals surface area contributed by atoms with Crippen LogP contribution in [0.15, 0.2) is 34.1 Å². The molecular formula is C16H18N2O4S2. The summed E-state index contributed by atoms with van der Waals surface area (Å²) in [7, 11) is 0. The Labute approximate surface area is 148 Å². The minimum absolute atomic E-state index is 0.0668. The molecule has 1 aromatic rings. The van der Waals surface area contributed by atoms with E-state index in [1.165, 1.54) is 19.1 Å². The average Bonchev–Trinajstić information content (AvgIpc) is 3.07. The topological polar surface area (TPSA) is 89.3 Å². The quantitative estimate of drug-likeness (QED) is 0.471. The molecule has 8 heteroatoms. The molecule has 1 aliphatic heterocycles. The normalized spacial score (nSPS) is 15.0. The van der Waals surface area contributed by atoms with E-state index in [4.69, 9.17) is 0 Å². The van der Waals surface area contributed by atoms with Gasteiger partial charge in [0.05, 0.1) is 11.0 Å². The molecule has 1 aromatic carbocycles. The zero-order valence-corrected chi connectivity index (χ0v) is 15.0. The Bertz CT molecular complexity index is 695. The Balaban J connectivity index is 2.53. The van der Waals surface area contributed by atoms with Crippen molar-refractivity contribution >= 4 is 40.9 Å². The van der Waals surface area contributed by atoms with Crippen LogP contribution in [0.2, 0.25) is 0 Å². The number of hydrogen-bond donors (Lipinski definition) is 1. The predicted octanol–water partition coefficient (Wildman–Crippen LogP) is 3.44. The van der Waals surface area contributed by atoms with Crippen molar-refractivity contribution in [3.63, 3.8) is 0 Å². The molecule has 0 aromatic heterocycles. The molecule has 1 heterocycles. The first-order valence-electron chi connectivity index (χ1n) is 7.48. The van der Waals surface area contributed by atoms with Crippen LogP contribution in [0.4, 0.5) is 5.69 Å². The minimum Gasteiger partial charge on any atom is -0.345 e. The largest absolute Gasteiger partial charge is 0.345 e. The second-order valence-corrected chi connectivity index (χ2v) is 7.63. The fraction of sp³-hybridized carbons (Fsp3) is 0.375. The molecular weight excluding hydrogens is 348 g/mol. The van der Waals surface area contributed by atoms with Crippen LogP contribution in [0, 0.1) is 10.1 Å². The lowest BCUT2D eigenvalue weighted by Crippen LogP contribution is -2.31. The number of carbonyl (C=O) groups is 2. The van der Waals surface area contributed by atoms with Crippen LogP contribution < -0.4 is 5.32 Å². The minimum atomic E-state index is -0.678. The first kappa shape index (κ1) is 18.5. The van der Waals surface area contributed by atoms with Gasteiger partial charge in [0.25, 0.3) is 5.69 Å². The second-order valence-electron chi connectivity index (χ2n) is 5.16. The van der Waals surface area contributed by atoms with Crippen LogP contribution >= 0.6 is 23.5 Å². The third kappa shape index (κ3) is 4.39. The number of hydrogen-bond acceptors (Lipinski definition) is 6. The molecule has 0 saturated carbocycles. The van der Waals surface area contributed by atoms with Crippen molar-refractivity contribution in [1.29, 1.82) is 0 Å². The van der Waals surface area contributed by atoms with Gasteiger partial charge < -0.3 is 5.32 Å². The van der Waals surface area contributed by atoms with Gasteiger partial charge in [0.1, 0.15) is 0 Å². The van der Waals surface area contributed by atoms with Crippen molar-refractivity contribution in [3.05, 3.63) is 49.8 Å². The predicted molar refractivity (Wildman–Crippen MR) is 96.9 cm³/mol. The van der Waals surface area contributed by atoms with Crippen LogP contribution in [0.3, 0.4) is 0 Å². The molecule has 1 unspecified atom stereocenters. The molecule has 1 aliphatic rings. The van der Waals surface area contributed by atoms with Crippen LogP contribution in [0.5, 0.6) is 0 Å². The highest BCUT2D eigenvalue weighted by atomic mass is 32.2. The number of non-ortho nitro benzene ring substituents is 1. The number of carbonyl (C=O) groups excluding carboxylic acids is 2. The Morgan fingerprint density at radius 3 is 2.54 bits per heavy atom. The number of nitrogens with one attached hydrogen (secondary N) is 1. The Morgan fingerprint density at radius 1 is 1.33 bits per heavy atom. The molecule has 24 heavy (non-hydrogen) atoms. The number of rotatable bonds is 6. The maximum Gasteiger partial charge on any atom is 0.269 e. The molecule has 1 amide bonds. The van der Waals surface area contributed by atoms with E-state index < -0.39 is 11.0 Å². The number of ketones is 1. The van der Waals surface area contributed by atoms with Crippen LogP contribution in [0.25, 0.3) is 0 Å². The standard InChI is InChI=1S/C16H18N2O4S2/c1-3-13(20)17-15(11-5-4-6-12(9-11)18(21)22)14(10(2)19)16-23-7-8-24-16/h4-6,9,15H,3,7-8H2,1-2H3,(H,17,20). The lowest BCUT2D eigenvalue weighted by molar-refractivity contribution is -0.384. The fourth-order valence-electron chi connectivity index (χ4n) is 2.33. The zero-order valence-electron chi connectivity index (χ0n) is 13.4. The number of benzene rings is 1. The van der Waals surface area contributed by atoms with Gasteiger partial charge in [-0.25, -0.2) is 0 Å². The molecule has 1 saturated heterocycles. The summed E-state index contributed by atoms with van der Waals surface area (Å²) in [4.78, 5) is 34.8. The van der Waals surface area contributed by atoms with Crippen molar-refractivity contribution in [2.45, 2.75) is 26.3 Å². The summed E-state index contributed by atoms with van der Waals surface area (Å²) in [6.45, 7) is 3.18. The molecule has 6 nitrogen and oxygen atoms in total. The second kappa shape index (κ2) is 8.34. The van der Waals surface area contributed by atoms with E-state index in [0.29, 0.717) is 11.1 Å². The summed E-state index contributed by atoms with van der Waals surface area (Å²) in [5.41, 5.74) is 0.976. The van der Waals surface area contributed by atoms with E-state index in [0.717, 1.165) is 15.7 Å². The van der Waals surface area contributed by atoms with Gasteiger partial charge in [-0.3, -0.25) is 19.7 Å². The molecule has 1 atom stereocenters. The number of nitro groups is 1. The summed E-state index contributed by atoms with van der Waals surface area (Å²) >= 11 is 3.17. The third-order valence-corrected chi connectivity index (χ3v) is 6.22. The highest BCUT2D eigenvalue weighted by Crippen LogP contribution is 2.42. The van der Waals surface area contributed by atoms with E-state index in [1.54, 1.807) is 42.6 Å². The third-order valence-electron chi connectivity index (χ3n) is 3.48. The maximum absolute atomic E-state index is 12.3. The number of nitrogens with zero attached hydrogens (tertiary/aromatic N) is 1. The summed E-state index contributed by atoms with van der Waals surface area (Å²) in [6.07, 6.45) is 0.270. The molecule has 0 spiro atoms. The summed E-state index contributed by atoms with van der Waals surface area (Å²) in [5.74, 6) is 1.46. The van der Waals surface area contributed by atoms with Crippen molar-refractivity contribution in [1.82, 2.24) is 5.32 Å².